The average Bonchev–Trinajstić information content (AvgIpc) is 3.49. The summed E-state index contributed by atoms with van der Waals surface area (Å²) in [7, 11) is 1.76. The minimum atomic E-state index is 0.0596. The van der Waals surface area contributed by atoms with Crippen molar-refractivity contribution < 1.29 is 9.53 Å². The van der Waals surface area contributed by atoms with Crippen molar-refractivity contribution in [2.75, 3.05) is 26.8 Å². The van der Waals surface area contributed by atoms with Crippen molar-refractivity contribution in [3.63, 3.8) is 0 Å². The van der Waals surface area contributed by atoms with Crippen LogP contribution in [0.4, 0.5) is 0 Å². The summed E-state index contributed by atoms with van der Waals surface area (Å²) in [6.07, 6.45) is 6.56. The Kier molecular flexibility index (Phi) is 8.17. The molecule has 1 aliphatic carbocycles. The molecular formula is C31H38N4O2. The van der Waals surface area contributed by atoms with Gasteiger partial charge < -0.3 is 15.4 Å². The number of benzene rings is 2. The Bertz CT molecular complexity index is 1220. The fraction of sp³-hybridized carbons (Fsp3) is 0.419. The Morgan fingerprint density at radius 1 is 1.11 bits per heavy atom. The Hall–Kier alpha value is -3.22. The van der Waals surface area contributed by atoms with Gasteiger partial charge in [0.2, 0.25) is 5.91 Å². The van der Waals surface area contributed by atoms with E-state index in [2.05, 4.69) is 66.1 Å². The first-order chi connectivity index (χ1) is 18.1. The lowest BCUT2D eigenvalue weighted by Gasteiger charge is -2.21. The van der Waals surface area contributed by atoms with Crippen LogP contribution in [0.15, 0.2) is 66.7 Å². The van der Waals surface area contributed by atoms with Crippen LogP contribution in [0.3, 0.4) is 0 Å². The lowest BCUT2D eigenvalue weighted by atomic mass is 9.93. The zero-order valence-electron chi connectivity index (χ0n) is 22.0. The van der Waals surface area contributed by atoms with Crippen LogP contribution in [0, 0.1) is 12.8 Å². The highest BCUT2D eigenvalue weighted by molar-refractivity contribution is 5.80. The van der Waals surface area contributed by atoms with Crippen molar-refractivity contribution in [2.45, 2.75) is 51.0 Å². The van der Waals surface area contributed by atoms with Crippen molar-refractivity contribution in [3.8, 4) is 5.69 Å². The van der Waals surface area contributed by atoms with Gasteiger partial charge in [0.05, 0.1) is 23.5 Å². The number of para-hydroxylation sites is 1. The van der Waals surface area contributed by atoms with E-state index in [0.717, 1.165) is 68.0 Å². The van der Waals surface area contributed by atoms with Crippen LogP contribution in [0.25, 0.3) is 11.3 Å². The molecule has 3 atom stereocenters. The van der Waals surface area contributed by atoms with E-state index in [1.165, 1.54) is 11.1 Å². The topological polar surface area (TPSA) is 68.2 Å². The molecule has 0 bridgehead atoms. The molecule has 2 aliphatic rings. The van der Waals surface area contributed by atoms with Gasteiger partial charge in [0.1, 0.15) is 0 Å². The molecule has 1 amide bonds. The van der Waals surface area contributed by atoms with Crippen LogP contribution in [0.2, 0.25) is 0 Å². The first-order valence-electron chi connectivity index (χ1n) is 13.5. The molecule has 0 saturated heterocycles. The molecule has 37 heavy (non-hydrogen) atoms. The number of rotatable bonds is 9. The summed E-state index contributed by atoms with van der Waals surface area (Å²) in [4.78, 5) is 13.6. The minimum Gasteiger partial charge on any atom is -0.385 e. The van der Waals surface area contributed by atoms with Crippen LogP contribution in [0.1, 0.15) is 54.1 Å². The van der Waals surface area contributed by atoms with Crippen molar-refractivity contribution in [1.29, 1.82) is 0 Å². The van der Waals surface area contributed by atoms with Gasteiger partial charge in [-0.1, -0.05) is 54.6 Å². The quantitative estimate of drug-likeness (QED) is 0.444. The predicted molar refractivity (Wildman–Crippen MR) is 148 cm³/mol. The summed E-state index contributed by atoms with van der Waals surface area (Å²) in [5.41, 5.74) is 6.61. The van der Waals surface area contributed by atoms with E-state index in [9.17, 15) is 4.79 Å². The predicted octanol–water partition coefficient (Wildman–Crippen LogP) is 4.82. The summed E-state index contributed by atoms with van der Waals surface area (Å²) < 4.78 is 7.33. The van der Waals surface area contributed by atoms with E-state index in [-0.39, 0.29) is 11.9 Å². The molecule has 0 radical (unpaired) electrons. The zero-order valence-corrected chi connectivity index (χ0v) is 22.0. The summed E-state index contributed by atoms with van der Waals surface area (Å²) in [6, 6.07) is 20.9. The number of aromatic nitrogens is 2. The van der Waals surface area contributed by atoms with Gasteiger partial charge in [0, 0.05) is 32.2 Å². The molecular weight excluding hydrogens is 460 g/mol. The van der Waals surface area contributed by atoms with Gasteiger partial charge in [0.25, 0.3) is 0 Å². The highest BCUT2D eigenvalue weighted by Gasteiger charge is 2.36. The standard InChI is InChI=1S/C31H38N4O2/c1-22-29(35(26-11-7-4-8-12-26)34-31(22)25-13-16-32-17-14-25)21-30(36)33-28-20-23(15-18-37-2)19-27(28)24-9-5-3-6-10-24/h3-13,23,27-28,32H,14-21H2,1-2H3,(H,33,36)/t23-,27-,28+/m0/s1. The molecule has 0 spiro atoms. The molecule has 2 heterocycles. The number of hydrogen-bond donors (Lipinski definition) is 2. The van der Waals surface area contributed by atoms with E-state index < -0.39 is 0 Å². The highest BCUT2D eigenvalue weighted by Crippen LogP contribution is 2.40. The van der Waals surface area contributed by atoms with Crippen molar-refractivity contribution >= 4 is 11.5 Å². The SMILES string of the molecule is COCC[C@@H]1C[C@@H](NC(=O)Cc2c(C)c(C3=CCNCC3)nn2-c2ccccc2)[C@H](c2ccccc2)C1. The van der Waals surface area contributed by atoms with Crippen LogP contribution < -0.4 is 10.6 Å². The summed E-state index contributed by atoms with van der Waals surface area (Å²) in [6.45, 7) is 4.68. The number of nitrogens with one attached hydrogen (secondary N) is 2. The number of methoxy groups -OCH3 is 1. The smallest absolute Gasteiger partial charge is 0.226 e. The molecule has 6 heteroatoms. The molecule has 2 N–H and O–H groups in total. The van der Waals surface area contributed by atoms with Crippen LogP contribution in [0.5, 0.6) is 0 Å². The van der Waals surface area contributed by atoms with Crippen molar-refractivity contribution in [3.05, 3.63) is 89.3 Å². The summed E-state index contributed by atoms with van der Waals surface area (Å²) in [5.74, 6) is 0.928. The van der Waals surface area contributed by atoms with E-state index in [4.69, 9.17) is 9.84 Å². The number of nitrogens with zero attached hydrogens (tertiary/aromatic N) is 2. The normalized spacial score (nSPS) is 21.6. The highest BCUT2D eigenvalue weighted by atomic mass is 16.5. The van der Waals surface area contributed by atoms with E-state index in [1.807, 2.05) is 22.9 Å². The van der Waals surface area contributed by atoms with E-state index >= 15 is 0 Å². The molecule has 0 unspecified atom stereocenters. The maximum Gasteiger partial charge on any atom is 0.226 e. The maximum atomic E-state index is 13.6. The van der Waals surface area contributed by atoms with Crippen LogP contribution in [-0.4, -0.2) is 48.5 Å². The van der Waals surface area contributed by atoms with E-state index in [1.54, 1.807) is 7.11 Å². The fourth-order valence-electron chi connectivity index (χ4n) is 5.97. The first kappa shape index (κ1) is 25.4. The zero-order chi connectivity index (χ0) is 25.6. The van der Waals surface area contributed by atoms with Gasteiger partial charge in [-0.15, -0.1) is 0 Å². The van der Waals surface area contributed by atoms with Crippen molar-refractivity contribution in [2.24, 2.45) is 5.92 Å². The molecule has 2 aromatic carbocycles. The monoisotopic (exact) mass is 498 g/mol. The third-order valence-corrected chi connectivity index (χ3v) is 7.91. The number of amides is 1. The lowest BCUT2D eigenvalue weighted by molar-refractivity contribution is -0.121. The maximum absolute atomic E-state index is 13.6. The second-order valence-electron chi connectivity index (χ2n) is 10.3. The molecule has 1 saturated carbocycles. The molecule has 3 aromatic rings. The first-order valence-corrected chi connectivity index (χ1v) is 13.5. The Morgan fingerprint density at radius 3 is 2.57 bits per heavy atom. The largest absolute Gasteiger partial charge is 0.385 e. The molecule has 194 valence electrons. The van der Waals surface area contributed by atoms with Gasteiger partial charge in [0.15, 0.2) is 0 Å². The van der Waals surface area contributed by atoms with E-state index in [0.29, 0.717) is 18.3 Å². The van der Waals surface area contributed by atoms with Gasteiger partial charge in [-0.25, -0.2) is 4.68 Å². The third-order valence-electron chi connectivity index (χ3n) is 7.91. The van der Waals surface area contributed by atoms with Gasteiger partial charge in [-0.2, -0.15) is 5.10 Å². The Morgan fingerprint density at radius 2 is 1.86 bits per heavy atom. The second-order valence-corrected chi connectivity index (χ2v) is 10.3. The molecule has 1 fully saturated rings. The minimum absolute atomic E-state index is 0.0596. The molecule has 5 rings (SSSR count). The van der Waals surface area contributed by atoms with Crippen LogP contribution in [-0.2, 0) is 16.0 Å². The van der Waals surface area contributed by atoms with Gasteiger partial charge in [-0.05, 0) is 73.9 Å². The average molecular weight is 499 g/mol. The third kappa shape index (κ3) is 5.86. The molecule has 1 aromatic heterocycles. The lowest BCUT2D eigenvalue weighted by Crippen LogP contribution is -2.38. The van der Waals surface area contributed by atoms with Gasteiger partial charge >= 0.3 is 0 Å². The molecule has 6 nitrogen and oxygen atoms in total. The fourth-order valence-corrected chi connectivity index (χ4v) is 5.97. The van der Waals surface area contributed by atoms with Crippen molar-refractivity contribution in [1.82, 2.24) is 20.4 Å². The Balaban J connectivity index is 1.39. The number of carbonyl (C=O) groups excluding carboxylic acids is 1. The molecule has 1 aliphatic heterocycles. The van der Waals surface area contributed by atoms with Gasteiger partial charge in [-0.3, -0.25) is 4.79 Å². The van der Waals surface area contributed by atoms with Crippen LogP contribution >= 0.6 is 0 Å². The summed E-state index contributed by atoms with van der Waals surface area (Å²) in [5, 5.41) is 11.8. The number of hydrogen-bond acceptors (Lipinski definition) is 4. The number of carbonyl (C=O) groups is 1. The summed E-state index contributed by atoms with van der Waals surface area (Å²) >= 11 is 0. The number of ether oxygens (including phenoxy) is 1. The second kappa shape index (κ2) is 11.9. The Labute approximate surface area is 220 Å².